The highest BCUT2D eigenvalue weighted by Gasteiger charge is 2.28. The van der Waals surface area contributed by atoms with Gasteiger partial charge in [0.25, 0.3) is 0 Å². The maximum absolute atomic E-state index is 13.0. The molecule has 2 atom stereocenters. The number of aliphatic hydroxyl groups excluding tert-OH is 1. The largest absolute Gasteiger partial charge is 0.388 e. The quantitative estimate of drug-likeness (QED) is 0.838. The zero-order chi connectivity index (χ0) is 17.5. The molecule has 1 aromatic rings. The molecule has 0 aliphatic carbocycles. The number of nitrogens with one attached hydrogen (secondary N) is 1. The summed E-state index contributed by atoms with van der Waals surface area (Å²) in [6.45, 7) is 3.73. The summed E-state index contributed by atoms with van der Waals surface area (Å²) in [5, 5.41) is 13.4. The lowest BCUT2D eigenvalue weighted by atomic mass is 9.87. The van der Waals surface area contributed by atoms with Crippen LogP contribution in [-0.2, 0) is 4.74 Å². The molecule has 1 fully saturated rings. The van der Waals surface area contributed by atoms with Gasteiger partial charge in [0, 0.05) is 20.2 Å². The number of carbonyl (C=O) groups excluding carboxylic acids is 1. The van der Waals surface area contributed by atoms with Crippen molar-refractivity contribution >= 4 is 6.03 Å². The van der Waals surface area contributed by atoms with Crippen molar-refractivity contribution in [2.75, 3.05) is 26.8 Å². The van der Waals surface area contributed by atoms with Crippen LogP contribution in [0.5, 0.6) is 0 Å². The number of rotatable bonds is 6. The summed E-state index contributed by atoms with van der Waals surface area (Å²) in [6.07, 6.45) is 1.66. The molecule has 1 aromatic carbocycles. The number of aliphatic hydroxyl groups is 1. The van der Waals surface area contributed by atoms with Crippen LogP contribution < -0.4 is 5.32 Å². The highest BCUT2D eigenvalue weighted by atomic mass is 19.1. The Balaban J connectivity index is 1.84. The van der Waals surface area contributed by atoms with E-state index in [0.29, 0.717) is 19.7 Å². The van der Waals surface area contributed by atoms with Gasteiger partial charge in [0.15, 0.2) is 0 Å². The molecule has 134 valence electrons. The van der Waals surface area contributed by atoms with E-state index >= 15 is 0 Å². The molecule has 24 heavy (non-hydrogen) atoms. The molecule has 5 nitrogen and oxygen atoms in total. The van der Waals surface area contributed by atoms with Crippen molar-refractivity contribution in [1.29, 1.82) is 0 Å². The highest BCUT2D eigenvalue weighted by Crippen LogP contribution is 2.30. The number of hydrogen-bond donors (Lipinski definition) is 2. The first-order valence-corrected chi connectivity index (χ1v) is 8.53. The summed E-state index contributed by atoms with van der Waals surface area (Å²) in [5.74, 6) is -0.223. The average Bonchev–Trinajstić information content (AvgIpc) is 2.61. The van der Waals surface area contributed by atoms with Crippen LogP contribution in [0.1, 0.15) is 37.9 Å². The Morgan fingerprint density at radius 2 is 2.00 bits per heavy atom. The van der Waals surface area contributed by atoms with E-state index in [1.807, 2.05) is 6.92 Å². The first kappa shape index (κ1) is 18.7. The Morgan fingerprint density at radius 3 is 2.54 bits per heavy atom. The standard InChI is InChI=1S/C18H27FN2O3/c1-3-16(12-24-2)20-18(23)21-10-8-14(9-11-21)17(22)13-4-6-15(19)7-5-13/h4-7,14,16-17,22H,3,8-12H2,1-2H3,(H,20,23). The van der Waals surface area contributed by atoms with Gasteiger partial charge in [-0.05, 0) is 42.9 Å². The molecule has 6 heteroatoms. The molecule has 1 aliphatic rings. The molecule has 0 saturated carbocycles. The lowest BCUT2D eigenvalue weighted by molar-refractivity contribution is 0.0652. The van der Waals surface area contributed by atoms with E-state index in [1.54, 1.807) is 24.1 Å². The molecule has 2 N–H and O–H groups in total. The molecule has 0 radical (unpaired) electrons. The SMILES string of the molecule is CCC(COC)NC(=O)N1CCC(C(O)c2ccc(F)cc2)CC1. The van der Waals surface area contributed by atoms with Crippen molar-refractivity contribution in [3.8, 4) is 0 Å². The van der Waals surface area contributed by atoms with Crippen molar-refractivity contribution in [1.82, 2.24) is 10.2 Å². The highest BCUT2D eigenvalue weighted by molar-refractivity contribution is 5.74. The lowest BCUT2D eigenvalue weighted by Crippen LogP contribution is -2.49. The average molecular weight is 338 g/mol. The number of urea groups is 1. The van der Waals surface area contributed by atoms with Crippen LogP contribution in [0.15, 0.2) is 24.3 Å². The summed E-state index contributed by atoms with van der Waals surface area (Å²) >= 11 is 0. The van der Waals surface area contributed by atoms with Crippen LogP contribution in [0.4, 0.5) is 9.18 Å². The molecule has 2 rings (SSSR count). The van der Waals surface area contributed by atoms with E-state index < -0.39 is 6.10 Å². The van der Waals surface area contributed by atoms with Crippen molar-refractivity contribution in [3.63, 3.8) is 0 Å². The van der Waals surface area contributed by atoms with Gasteiger partial charge in [0.2, 0.25) is 0 Å². The van der Waals surface area contributed by atoms with Gasteiger partial charge < -0.3 is 20.1 Å². The second kappa shape index (κ2) is 8.99. The fourth-order valence-corrected chi connectivity index (χ4v) is 3.08. The molecular formula is C18H27FN2O3. The second-order valence-electron chi connectivity index (χ2n) is 6.33. The number of likely N-dealkylation sites (tertiary alicyclic amines) is 1. The minimum atomic E-state index is -0.618. The number of benzene rings is 1. The molecule has 0 bridgehead atoms. The third-order valence-corrected chi connectivity index (χ3v) is 4.67. The molecule has 2 amide bonds. The third-order valence-electron chi connectivity index (χ3n) is 4.67. The third kappa shape index (κ3) is 4.92. The number of hydrogen-bond acceptors (Lipinski definition) is 3. The van der Waals surface area contributed by atoms with Crippen molar-refractivity contribution in [2.45, 2.75) is 38.3 Å². The fourth-order valence-electron chi connectivity index (χ4n) is 3.08. The maximum Gasteiger partial charge on any atom is 0.317 e. The minimum Gasteiger partial charge on any atom is -0.388 e. The lowest BCUT2D eigenvalue weighted by Gasteiger charge is -2.35. The topological polar surface area (TPSA) is 61.8 Å². The Morgan fingerprint density at radius 1 is 1.38 bits per heavy atom. The van der Waals surface area contributed by atoms with Gasteiger partial charge in [0.1, 0.15) is 5.82 Å². The van der Waals surface area contributed by atoms with Crippen LogP contribution in [0.25, 0.3) is 0 Å². The minimum absolute atomic E-state index is 0.0185. The zero-order valence-corrected chi connectivity index (χ0v) is 14.4. The van der Waals surface area contributed by atoms with Gasteiger partial charge in [-0.1, -0.05) is 19.1 Å². The van der Waals surface area contributed by atoms with E-state index in [-0.39, 0.29) is 23.8 Å². The number of piperidine rings is 1. The van der Waals surface area contributed by atoms with Gasteiger partial charge in [0.05, 0.1) is 18.8 Å². The van der Waals surface area contributed by atoms with Crippen molar-refractivity contribution in [3.05, 3.63) is 35.6 Å². The molecular weight excluding hydrogens is 311 g/mol. The summed E-state index contributed by atoms with van der Waals surface area (Å²) in [5.41, 5.74) is 0.727. The smallest absolute Gasteiger partial charge is 0.317 e. The number of halogens is 1. The Kier molecular flexibility index (Phi) is 6.99. The molecule has 1 heterocycles. The predicted molar refractivity (Wildman–Crippen MR) is 90.1 cm³/mol. The van der Waals surface area contributed by atoms with Gasteiger partial charge >= 0.3 is 6.03 Å². The number of amides is 2. The molecule has 0 spiro atoms. The van der Waals surface area contributed by atoms with Gasteiger partial charge in [-0.25, -0.2) is 9.18 Å². The maximum atomic E-state index is 13.0. The fraction of sp³-hybridized carbons (Fsp3) is 0.611. The molecule has 1 aliphatic heterocycles. The van der Waals surface area contributed by atoms with E-state index in [4.69, 9.17) is 4.74 Å². The van der Waals surface area contributed by atoms with E-state index in [2.05, 4.69) is 5.32 Å². The number of carbonyl (C=O) groups is 1. The van der Waals surface area contributed by atoms with E-state index in [0.717, 1.165) is 24.8 Å². The van der Waals surface area contributed by atoms with Crippen LogP contribution >= 0.6 is 0 Å². The summed E-state index contributed by atoms with van der Waals surface area (Å²) in [6, 6.07) is 5.91. The second-order valence-corrected chi connectivity index (χ2v) is 6.33. The van der Waals surface area contributed by atoms with Crippen molar-refractivity contribution in [2.24, 2.45) is 5.92 Å². The van der Waals surface area contributed by atoms with Crippen molar-refractivity contribution < 1.29 is 19.0 Å². The van der Waals surface area contributed by atoms with Gasteiger partial charge in [-0.2, -0.15) is 0 Å². The number of ether oxygens (including phenoxy) is 1. The van der Waals surface area contributed by atoms with Crippen LogP contribution in [0.3, 0.4) is 0 Å². The monoisotopic (exact) mass is 338 g/mol. The Labute approximate surface area is 142 Å². The van der Waals surface area contributed by atoms with Gasteiger partial charge in [-0.15, -0.1) is 0 Å². The van der Waals surface area contributed by atoms with E-state index in [9.17, 15) is 14.3 Å². The number of nitrogens with zero attached hydrogens (tertiary/aromatic N) is 1. The normalized spacial score (nSPS) is 18.2. The van der Waals surface area contributed by atoms with Crippen LogP contribution in [-0.4, -0.2) is 48.9 Å². The first-order chi connectivity index (χ1) is 11.5. The summed E-state index contributed by atoms with van der Waals surface area (Å²) < 4.78 is 18.1. The first-order valence-electron chi connectivity index (χ1n) is 8.53. The van der Waals surface area contributed by atoms with E-state index in [1.165, 1.54) is 12.1 Å². The number of methoxy groups -OCH3 is 1. The molecule has 0 aromatic heterocycles. The summed E-state index contributed by atoms with van der Waals surface area (Å²) in [7, 11) is 1.62. The van der Waals surface area contributed by atoms with Gasteiger partial charge in [-0.3, -0.25) is 0 Å². The molecule has 2 unspecified atom stereocenters. The Bertz CT molecular complexity index is 516. The van der Waals surface area contributed by atoms with Crippen LogP contribution in [0.2, 0.25) is 0 Å². The summed E-state index contributed by atoms with van der Waals surface area (Å²) in [4.78, 5) is 14.1. The Hall–Kier alpha value is -1.66. The predicted octanol–water partition coefficient (Wildman–Crippen LogP) is 2.71. The zero-order valence-electron chi connectivity index (χ0n) is 14.4. The van der Waals surface area contributed by atoms with Crippen LogP contribution in [0, 0.1) is 11.7 Å². The molecule has 1 saturated heterocycles.